The number of aromatic amines is 1. The highest BCUT2D eigenvalue weighted by Crippen LogP contribution is 2.28. The van der Waals surface area contributed by atoms with Crippen LogP contribution in [0.15, 0.2) is 29.6 Å². The number of aromatic nitrogens is 4. The molecule has 0 aliphatic carbocycles. The van der Waals surface area contributed by atoms with E-state index < -0.39 is 0 Å². The lowest BCUT2D eigenvalue weighted by molar-refractivity contribution is 0.881. The van der Waals surface area contributed by atoms with Crippen LogP contribution in [0.2, 0.25) is 0 Å². The number of hydrogen-bond donors (Lipinski definition) is 2. The first-order valence-corrected chi connectivity index (χ1v) is 5.74. The summed E-state index contributed by atoms with van der Waals surface area (Å²) < 4.78 is 1.26. The maximum Gasteiger partial charge on any atom is 0.193 e. The molecule has 2 N–H and O–H groups in total. The minimum atomic E-state index is 0.577. The van der Waals surface area contributed by atoms with Gasteiger partial charge in [-0.2, -0.15) is 5.21 Å². The molecule has 0 fully saturated rings. The number of thiophene rings is 1. The number of benzene rings is 1. The van der Waals surface area contributed by atoms with Crippen LogP contribution >= 0.6 is 11.3 Å². The van der Waals surface area contributed by atoms with Crippen molar-refractivity contribution in [1.29, 1.82) is 0 Å². The molecule has 0 aliphatic rings. The summed E-state index contributed by atoms with van der Waals surface area (Å²) in [7, 11) is 0. The van der Waals surface area contributed by atoms with Gasteiger partial charge in [0.1, 0.15) is 0 Å². The summed E-state index contributed by atoms with van der Waals surface area (Å²) in [5.74, 6) is 0.661. The molecule has 3 aromatic rings. The third-order valence-electron chi connectivity index (χ3n) is 2.31. The monoisotopic (exact) mass is 231 g/mol. The molecular weight excluding hydrogens is 222 g/mol. The fourth-order valence-electron chi connectivity index (χ4n) is 1.56. The largest absolute Gasteiger partial charge is 0.376 e. The van der Waals surface area contributed by atoms with Gasteiger partial charge in [-0.25, -0.2) is 0 Å². The van der Waals surface area contributed by atoms with Crippen molar-refractivity contribution in [3.05, 3.63) is 35.5 Å². The molecule has 0 saturated carbocycles. The van der Waals surface area contributed by atoms with Gasteiger partial charge in [0.2, 0.25) is 0 Å². The molecule has 2 heterocycles. The lowest BCUT2D eigenvalue weighted by atomic mass is 10.2. The smallest absolute Gasteiger partial charge is 0.193 e. The fourth-order valence-corrected chi connectivity index (χ4v) is 2.45. The molecule has 0 spiro atoms. The van der Waals surface area contributed by atoms with E-state index in [0.717, 1.165) is 5.69 Å². The van der Waals surface area contributed by atoms with Crippen molar-refractivity contribution in [2.45, 2.75) is 6.54 Å². The van der Waals surface area contributed by atoms with Gasteiger partial charge in [-0.1, -0.05) is 17.3 Å². The molecule has 2 aromatic heterocycles. The Kier molecular flexibility index (Phi) is 2.26. The van der Waals surface area contributed by atoms with Gasteiger partial charge in [0.25, 0.3) is 0 Å². The molecule has 0 unspecified atom stereocenters. The molecule has 1 aromatic carbocycles. The lowest BCUT2D eigenvalue weighted by Gasteiger charge is -2.04. The van der Waals surface area contributed by atoms with Crippen LogP contribution in [0.3, 0.4) is 0 Å². The van der Waals surface area contributed by atoms with E-state index >= 15 is 0 Å². The van der Waals surface area contributed by atoms with Crippen molar-refractivity contribution in [3.63, 3.8) is 0 Å². The van der Waals surface area contributed by atoms with E-state index in [2.05, 4.69) is 49.5 Å². The Labute approximate surface area is 95.5 Å². The molecule has 80 valence electrons. The van der Waals surface area contributed by atoms with E-state index in [4.69, 9.17) is 0 Å². The minimum absolute atomic E-state index is 0.577. The Morgan fingerprint density at radius 3 is 3.19 bits per heavy atom. The highest BCUT2D eigenvalue weighted by molar-refractivity contribution is 7.17. The summed E-state index contributed by atoms with van der Waals surface area (Å²) in [6.45, 7) is 0.577. The molecule has 0 radical (unpaired) electrons. The van der Waals surface area contributed by atoms with Crippen molar-refractivity contribution in [1.82, 2.24) is 20.6 Å². The maximum absolute atomic E-state index is 3.89. The van der Waals surface area contributed by atoms with Crippen molar-refractivity contribution in [2.24, 2.45) is 0 Å². The Morgan fingerprint density at radius 2 is 2.31 bits per heavy atom. The van der Waals surface area contributed by atoms with E-state index in [0.29, 0.717) is 12.4 Å². The summed E-state index contributed by atoms with van der Waals surface area (Å²) in [4.78, 5) is 0. The zero-order chi connectivity index (χ0) is 10.8. The van der Waals surface area contributed by atoms with E-state index in [1.54, 1.807) is 11.3 Å². The van der Waals surface area contributed by atoms with Crippen LogP contribution in [0.25, 0.3) is 10.1 Å². The summed E-state index contributed by atoms with van der Waals surface area (Å²) in [6.07, 6.45) is 0. The zero-order valence-corrected chi connectivity index (χ0v) is 9.16. The molecule has 0 atom stereocenters. The molecule has 3 rings (SSSR count). The van der Waals surface area contributed by atoms with Gasteiger partial charge >= 0.3 is 0 Å². The Bertz CT molecular complexity index is 586. The Morgan fingerprint density at radius 1 is 1.31 bits per heavy atom. The molecule has 6 heteroatoms. The van der Waals surface area contributed by atoms with Gasteiger partial charge in [0.15, 0.2) is 5.82 Å². The summed E-state index contributed by atoms with van der Waals surface area (Å²) in [5, 5.41) is 20.4. The molecule has 5 nitrogen and oxygen atoms in total. The summed E-state index contributed by atoms with van der Waals surface area (Å²) in [5.41, 5.74) is 1.11. The third kappa shape index (κ3) is 1.63. The van der Waals surface area contributed by atoms with Gasteiger partial charge in [-0.05, 0) is 22.9 Å². The van der Waals surface area contributed by atoms with E-state index in [9.17, 15) is 0 Å². The fraction of sp³-hybridized carbons (Fsp3) is 0.100. The minimum Gasteiger partial charge on any atom is -0.376 e. The summed E-state index contributed by atoms with van der Waals surface area (Å²) >= 11 is 1.72. The van der Waals surface area contributed by atoms with Gasteiger partial charge in [0, 0.05) is 0 Å². The first-order valence-electron chi connectivity index (χ1n) is 4.86. The van der Waals surface area contributed by atoms with Crippen LogP contribution in [0.4, 0.5) is 5.69 Å². The number of anilines is 1. The average Bonchev–Trinajstić information content (AvgIpc) is 2.97. The van der Waals surface area contributed by atoms with Crippen LogP contribution < -0.4 is 5.32 Å². The first-order chi connectivity index (χ1) is 7.93. The van der Waals surface area contributed by atoms with Crippen LogP contribution in [-0.4, -0.2) is 20.6 Å². The van der Waals surface area contributed by atoms with Crippen LogP contribution in [0, 0.1) is 0 Å². The molecule has 0 bridgehead atoms. The lowest BCUT2D eigenvalue weighted by Crippen LogP contribution is -2.01. The summed E-state index contributed by atoms with van der Waals surface area (Å²) in [6, 6.07) is 8.30. The quantitative estimate of drug-likeness (QED) is 0.723. The molecular formula is C10H9N5S. The van der Waals surface area contributed by atoms with E-state index in [1.165, 1.54) is 10.1 Å². The number of tetrazole rings is 1. The zero-order valence-electron chi connectivity index (χ0n) is 8.34. The number of rotatable bonds is 3. The standard InChI is InChI=1S/C10H9N5S/c1-2-7-4-5-16-10(7)8(3-1)11-6-9-12-14-15-13-9/h1-5,11H,6H2,(H,12,13,14,15). The number of fused-ring (bicyclic) bond motifs is 1. The molecule has 0 saturated heterocycles. The molecule has 0 aliphatic heterocycles. The first kappa shape index (κ1) is 9.29. The van der Waals surface area contributed by atoms with Crippen LogP contribution in [0.1, 0.15) is 5.82 Å². The average molecular weight is 231 g/mol. The van der Waals surface area contributed by atoms with Crippen molar-refractivity contribution in [3.8, 4) is 0 Å². The number of H-pyrrole nitrogens is 1. The predicted molar refractivity (Wildman–Crippen MR) is 63.3 cm³/mol. The predicted octanol–water partition coefficient (Wildman–Crippen LogP) is 2.03. The van der Waals surface area contributed by atoms with Crippen LogP contribution in [-0.2, 0) is 6.54 Å². The molecule has 16 heavy (non-hydrogen) atoms. The second-order valence-corrected chi connectivity index (χ2v) is 4.24. The van der Waals surface area contributed by atoms with E-state index in [1.807, 2.05) is 6.07 Å². The number of nitrogens with zero attached hydrogens (tertiary/aromatic N) is 3. The topological polar surface area (TPSA) is 66.5 Å². The normalized spacial score (nSPS) is 10.8. The van der Waals surface area contributed by atoms with E-state index in [-0.39, 0.29) is 0 Å². The van der Waals surface area contributed by atoms with Crippen molar-refractivity contribution in [2.75, 3.05) is 5.32 Å². The van der Waals surface area contributed by atoms with Crippen LogP contribution in [0.5, 0.6) is 0 Å². The Hall–Kier alpha value is -1.95. The SMILES string of the molecule is c1cc(NCc2nn[nH]n2)c2sccc2c1. The van der Waals surface area contributed by atoms with Gasteiger partial charge in [-0.15, -0.1) is 21.5 Å². The van der Waals surface area contributed by atoms with Gasteiger partial charge in [0.05, 0.1) is 16.9 Å². The van der Waals surface area contributed by atoms with Crippen molar-refractivity contribution < 1.29 is 0 Å². The number of nitrogens with one attached hydrogen (secondary N) is 2. The highest BCUT2D eigenvalue weighted by Gasteiger charge is 2.03. The second kappa shape index (κ2) is 3.90. The Balaban J connectivity index is 1.86. The van der Waals surface area contributed by atoms with Crippen molar-refractivity contribution >= 4 is 27.1 Å². The second-order valence-electron chi connectivity index (χ2n) is 3.33. The maximum atomic E-state index is 3.89. The van der Waals surface area contributed by atoms with Gasteiger partial charge < -0.3 is 5.32 Å². The third-order valence-corrected chi connectivity index (χ3v) is 3.27. The van der Waals surface area contributed by atoms with Gasteiger partial charge in [-0.3, -0.25) is 0 Å². The molecule has 0 amide bonds. The number of hydrogen-bond acceptors (Lipinski definition) is 5. The highest BCUT2D eigenvalue weighted by atomic mass is 32.1.